The number of ether oxygens (including phenoxy) is 2. The van der Waals surface area contributed by atoms with Crippen LogP contribution in [0.25, 0.3) is 6.08 Å². The molecular formula is C19H24O3. The van der Waals surface area contributed by atoms with Crippen molar-refractivity contribution in [2.45, 2.75) is 25.9 Å². The van der Waals surface area contributed by atoms with Crippen LogP contribution in [0.2, 0.25) is 0 Å². The SMILES string of the molecule is C=C(COC)C1=CCOC1CC/C(C)=C/c1ccc(O)cc1. The lowest BCUT2D eigenvalue weighted by molar-refractivity contribution is 0.115. The van der Waals surface area contributed by atoms with E-state index in [2.05, 4.69) is 25.7 Å². The first-order valence-electron chi connectivity index (χ1n) is 7.55. The van der Waals surface area contributed by atoms with Gasteiger partial charge in [0.2, 0.25) is 0 Å². The predicted octanol–water partition coefficient (Wildman–Crippen LogP) is 4.10. The van der Waals surface area contributed by atoms with E-state index in [0.717, 1.165) is 24.0 Å². The zero-order chi connectivity index (χ0) is 15.9. The van der Waals surface area contributed by atoms with E-state index in [1.54, 1.807) is 19.2 Å². The number of rotatable bonds is 7. The van der Waals surface area contributed by atoms with Crippen molar-refractivity contribution < 1.29 is 14.6 Å². The molecule has 3 nitrogen and oxygen atoms in total. The lowest BCUT2D eigenvalue weighted by Crippen LogP contribution is -2.13. The highest BCUT2D eigenvalue weighted by Crippen LogP contribution is 2.26. The Morgan fingerprint density at radius 2 is 2.14 bits per heavy atom. The Hall–Kier alpha value is -1.84. The zero-order valence-corrected chi connectivity index (χ0v) is 13.3. The highest BCUT2D eigenvalue weighted by atomic mass is 16.5. The van der Waals surface area contributed by atoms with Crippen molar-refractivity contribution in [3.05, 3.63) is 59.2 Å². The van der Waals surface area contributed by atoms with Gasteiger partial charge in [-0.3, -0.25) is 0 Å². The molecule has 1 aliphatic heterocycles. The monoisotopic (exact) mass is 300 g/mol. The van der Waals surface area contributed by atoms with Gasteiger partial charge in [0, 0.05) is 7.11 Å². The van der Waals surface area contributed by atoms with Gasteiger partial charge in [0.15, 0.2) is 0 Å². The van der Waals surface area contributed by atoms with Gasteiger partial charge in [-0.2, -0.15) is 0 Å². The van der Waals surface area contributed by atoms with E-state index < -0.39 is 0 Å². The lowest BCUT2D eigenvalue weighted by Gasteiger charge is -2.16. The van der Waals surface area contributed by atoms with Crippen molar-refractivity contribution in [3.63, 3.8) is 0 Å². The van der Waals surface area contributed by atoms with Crippen molar-refractivity contribution in [2.75, 3.05) is 20.3 Å². The van der Waals surface area contributed by atoms with Crippen molar-refractivity contribution in [3.8, 4) is 5.75 Å². The normalized spacial score (nSPS) is 18.4. The average Bonchev–Trinajstić information content (AvgIpc) is 2.96. The van der Waals surface area contributed by atoms with Crippen LogP contribution >= 0.6 is 0 Å². The smallest absolute Gasteiger partial charge is 0.115 e. The summed E-state index contributed by atoms with van der Waals surface area (Å²) in [5.74, 6) is 0.292. The minimum absolute atomic E-state index is 0.116. The molecule has 0 bridgehead atoms. The topological polar surface area (TPSA) is 38.7 Å². The first-order chi connectivity index (χ1) is 10.6. The molecule has 0 saturated heterocycles. The first kappa shape index (κ1) is 16.5. The molecule has 22 heavy (non-hydrogen) atoms. The highest BCUT2D eigenvalue weighted by Gasteiger charge is 2.21. The Labute approximate surface area is 132 Å². The Balaban J connectivity index is 1.90. The maximum atomic E-state index is 9.30. The van der Waals surface area contributed by atoms with Gasteiger partial charge in [-0.25, -0.2) is 0 Å². The van der Waals surface area contributed by atoms with Crippen LogP contribution in [-0.2, 0) is 9.47 Å². The minimum Gasteiger partial charge on any atom is -0.508 e. The Bertz CT molecular complexity index is 567. The number of phenolic OH excluding ortho intramolecular Hbond substituents is 1. The van der Waals surface area contributed by atoms with Gasteiger partial charge < -0.3 is 14.6 Å². The summed E-state index contributed by atoms with van der Waals surface area (Å²) in [6.45, 7) is 7.39. The fraction of sp³-hybridized carbons (Fsp3) is 0.368. The second-order valence-corrected chi connectivity index (χ2v) is 5.64. The summed E-state index contributed by atoms with van der Waals surface area (Å²) in [4.78, 5) is 0. The van der Waals surface area contributed by atoms with E-state index in [1.165, 1.54) is 11.1 Å². The largest absolute Gasteiger partial charge is 0.508 e. The van der Waals surface area contributed by atoms with Crippen LogP contribution in [0.1, 0.15) is 25.3 Å². The van der Waals surface area contributed by atoms with E-state index in [4.69, 9.17) is 9.47 Å². The molecule has 0 fully saturated rings. The molecule has 0 aliphatic carbocycles. The van der Waals surface area contributed by atoms with Crippen LogP contribution in [0.3, 0.4) is 0 Å². The second kappa shape index (κ2) is 7.97. The van der Waals surface area contributed by atoms with Crippen LogP contribution in [0, 0.1) is 0 Å². The molecule has 1 N–H and O–H groups in total. The summed E-state index contributed by atoms with van der Waals surface area (Å²) in [5, 5.41) is 9.30. The van der Waals surface area contributed by atoms with E-state index in [0.29, 0.717) is 19.0 Å². The number of phenols is 1. The molecule has 0 spiro atoms. The molecule has 1 aromatic rings. The summed E-state index contributed by atoms with van der Waals surface area (Å²) in [7, 11) is 1.68. The first-order valence-corrected chi connectivity index (χ1v) is 7.55. The van der Waals surface area contributed by atoms with Crippen molar-refractivity contribution in [1.29, 1.82) is 0 Å². The van der Waals surface area contributed by atoms with Crippen LogP contribution in [0.5, 0.6) is 5.75 Å². The second-order valence-electron chi connectivity index (χ2n) is 5.64. The molecule has 1 atom stereocenters. The molecule has 2 rings (SSSR count). The summed E-state index contributed by atoms with van der Waals surface area (Å²) < 4.78 is 10.9. The number of methoxy groups -OCH3 is 1. The molecule has 3 heteroatoms. The lowest BCUT2D eigenvalue weighted by atomic mass is 9.97. The van der Waals surface area contributed by atoms with Gasteiger partial charge in [0.1, 0.15) is 5.75 Å². The molecule has 1 unspecified atom stereocenters. The van der Waals surface area contributed by atoms with Gasteiger partial charge in [0.05, 0.1) is 19.3 Å². The number of aromatic hydroxyl groups is 1. The zero-order valence-electron chi connectivity index (χ0n) is 13.3. The highest BCUT2D eigenvalue weighted by molar-refractivity contribution is 5.53. The van der Waals surface area contributed by atoms with E-state index in [9.17, 15) is 5.11 Å². The Kier molecular flexibility index (Phi) is 5.99. The van der Waals surface area contributed by atoms with Gasteiger partial charge >= 0.3 is 0 Å². The summed E-state index contributed by atoms with van der Waals surface area (Å²) in [5.41, 5.74) is 4.57. The van der Waals surface area contributed by atoms with Crippen LogP contribution in [0.4, 0.5) is 0 Å². The van der Waals surface area contributed by atoms with Gasteiger partial charge in [-0.15, -0.1) is 0 Å². The molecule has 1 aromatic carbocycles. The van der Waals surface area contributed by atoms with Crippen LogP contribution in [0.15, 0.2) is 53.6 Å². The van der Waals surface area contributed by atoms with Crippen LogP contribution < -0.4 is 0 Å². The average molecular weight is 300 g/mol. The minimum atomic E-state index is 0.116. The van der Waals surface area contributed by atoms with E-state index >= 15 is 0 Å². The third-order valence-electron chi connectivity index (χ3n) is 3.78. The molecule has 1 heterocycles. The van der Waals surface area contributed by atoms with Crippen molar-refractivity contribution in [2.24, 2.45) is 0 Å². The third-order valence-corrected chi connectivity index (χ3v) is 3.78. The Morgan fingerprint density at radius 1 is 1.41 bits per heavy atom. The fourth-order valence-corrected chi connectivity index (χ4v) is 2.63. The number of benzene rings is 1. The summed E-state index contributed by atoms with van der Waals surface area (Å²) >= 11 is 0. The van der Waals surface area contributed by atoms with E-state index in [1.807, 2.05) is 12.1 Å². The number of allylic oxidation sites excluding steroid dienone is 1. The third kappa shape index (κ3) is 4.58. The summed E-state index contributed by atoms with van der Waals surface area (Å²) in [6, 6.07) is 7.23. The Morgan fingerprint density at radius 3 is 2.82 bits per heavy atom. The van der Waals surface area contributed by atoms with Gasteiger partial charge in [0.25, 0.3) is 0 Å². The molecule has 0 radical (unpaired) electrons. The fourth-order valence-electron chi connectivity index (χ4n) is 2.63. The molecular weight excluding hydrogens is 276 g/mol. The molecule has 0 saturated carbocycles. The van der Waals surface area contributed by atoms with Gasteiger partial charge in [-0.05, 0) is 48.6 Å². The number of hydrogen-bond donors (Lipinski definition) is 1. The standard InChI is InChI=1S/C19H24O3/c1-14(12-16-5-7-17(20)8-6-16)4-9-19-18(10-11-22-19)15(2)13-21-3/h5-8,10,12,19-20H,2,4,9,11,13H2,1,3H3/b14-12+. The van der Waals surface area contributed by atoms with E-state index in [-0.39, 0.29) is 6.10 Å². The van der Waals surface area contributed by atoms with Gasteiger partial charge in [-0.1, -0.05) is 36.4 Å². The predicted molar refractivity (Wildman–Crippen MR) is 89.8 cm³/mol. The number of hydrogen-bond acceptors (Lipinski definition) is 3. The molecule has 0 amide bonds. The molecule has 1 aliphatic rings. The van der Waals surface area contributed by atoms with Crippen molar-refractivity contribution in [1.82, 2.24) is 0 Å². The van der Waals surface area contributed by atoms with Crippen LogP contribution in [-0.4, -0.2) is 31.5 Å². The maximum absolute atomic E-state index is 9.30. The summed E-state index contributed by atoms with van der Waals surface area (Å²) in [6.07, 6.45) is 6.26. The van der Waals surface area contributed by atoms with Crippen molar-refractivity contribution >= 4 is 6.08 Å². The quantitative estimate of drug-likeness (QED) is 0.824. The maximum Gasteiger partial charge on any atom is 0.115 e. The molecule has 118 valence electrons. The molecule has 0 aromatic heterocycles.